The van der Waals surface area contributed by atoms with Crippen molar-refractivity contribution in [1.82, 2.24) is 60.1 Å². The summed E-state index contributed by atoms with van der Waals surface area (Å²) < 4.78 is 42.2. The summed E-state index contributed by atoms with van der Waals surface area (Å²) in [5.74, 6) is -1.04. The monoisotopic (exact) mass is 2830 g/mol. The van der Waals surface area contributed by atoms with E-state index in [1.807, 2.05) is 158 Å². The zero-order chi connectivity index (χ0) is 95.0. The fourth-order valence-corrected chi connectivity index (χ4v) is 12.7. The molecule has 12 rings (SSSR count). The van der Waals surface area contributed by atoms with Crippen LogP contribution in [0.2, 0.25) is 30.9 Å². The Balaban J connectivity index is -0.000000454. The van der Waals surface area contributed by atoms with Crippen molar-refractivity contribution in [2.45, 2.75) is 239 Å². The van der Waals surface area contributed by atoms with Gasteiger partial charge in [-0.3, -0.25) is 19.4 Å². The fourth-order valence-electron chi connectivity index (χ4n) is 11.7. The Hall–Kier alpha value is -1.88. The number of alkyl halides is 1. The number of halogens is 10. The van der Waals surface area contributed by atoms with Gasteiger partial charge in [0.25, 0.3) is 0 Å². The van der Waals surface area contributed by atoms with Crippen molar-refractivity contribution < 1.29 is 124 Å². The number of hydrogen-bond acceptors (Lipinski definition) is 22. The summed E-state index contributed by atoms with van der Waals surface area (Å²) in [6, 6.07) is 17.1. The molecule has 24 nitrogen and oxygen atoms in total. The number of aromatic nitrogens is 6. The predicted molar refractivity (Wildman–Crippen MR) is 550 cm³/mol. The van der Waals surface area contributed by atoms with Crippen LogP contribution >= 0.6 is 152 Å². The van der Waals surface area contributed by atoms with Crippen LogP contribution in [0.25, 0.3) is 0 Å². The Labute approximate surface area is 899 Å². The van der Waals surface area contributed by atoms with Crippen LogP contribution in [-0.4, -0.2) is 197 Å². The molecule has 6 aromatic heterocycles. The van der Waals surface area contributed by atoms with Crippen LogP contribution in [0.5, 0.6) is 0 Å². The number of carbonyl (C=O) groups is 6. The molecule has 0 aliphatic carbocycles. The number of hydrogen-bond donors (Lipinski definition) is 2. The number of amides is 2. The van der Waals surface area contributed by atoms with E-state index in [-0.39, 0.29) is 131 Å². The minimum absolute atomic E-state index is 0. The maximum absolute atomic E-state index is 11.9. The molecule has 128 heavy (non-hydrogen) atoms. The number of pyridine rings is 6. The summed E-state index contributed by atoms with van der Waals surface area (Å²) in [5.41, 5.74) is 12.7. The fraction of sp³-hybridized carbons (Fsp3) is 0.539. The van der Waals surface area contributed by atoms with Crippen LogP contribution in [0.1, 0.15) is 206 Å². The second-order valence-electron chi connectivity index (χ2n) is 31.9. The van der Waals surface area contributed by atoms with E-state index in [9.17, 15) is 28.8 Å². The van der Waals surface area contributed by atoms with Crippen LogP contribution in [0.3, 0.4) is 0 Å². The zero-order valence-corrected chi connectivity index (χ0v) is 98.6. The van der Waals surface area contributed by atoms with Crippen LogP contribution in [0, 0.1) is 75.6 Å². The number of rotatable bonds is 10. The summed E-state index contributed by atoms with van der Waals surface area (Å²) in [5, 5.41) is 9.85. The zero-order valence-electron chi connectivity index (χ0n) is 77.7. The van der Waals surface area contributed by atoms with E-state index in [2.05, 4.69) is 174 Å². The predicted octanol–water partition coefficient (Wildman–Crippen LogP) is 21.1. The Bertz CT molecular complexity index is 4210. The van der Waals surface area contributed by atoms with Crippen molar-refractivity contribution in [2.75, 3.05) is 70.0 Å². The topological polar surface area (TPSA) is 272 Å². The maximum Gasteiger partial charge on any atom is 0 e. The van der Waals surface area contributed by atoms with Crippen molar-refractivity contribution in [3.63, 3.8) is 0 Å². The van der Waals surface area contributed by atoms with Gasteiger partial charge in [-0.2, -0.15) is 0 Å². The van der Waals surface area contributed by atoms with E-state index in [1.54, 1.807) is 35.9 Å². The average molecular weight is 2830 g/mol. The van der Waals surface area contributed by atoms with Gasteiger partial charge in [-0.15, -0.1) is 0 Å². The van der Waals surface area contributed by atoms with Crippen LogP contribution in [-0.2, 0) is 130 Å². The molecule has 0 fully saturated rings. The Kier molecular flexibility index (Phi) is 71.1. The summed E-state index contributed by atoms with van der Waals surface area (Å²) in [6.45, 7) is 50.3. The minimum atomic E-state index is -0.463. The summed E-state index contributed by atoms with van der Waals surface area (Å²) >= 11 is 44.6. The molecule has 0 spiro atoms. The van der Waals surface area contributed by atoms with Gasteiger partial charge in [-0.1, -0.05) is 152 Å². The molecule has 710 valence electrons. The van der Waals surface area contributed by atoms with Crippen molar-refractivity contribution in [2.24, 2.45) is 5.92 Å². The standard InChI is InChI=1S/C15H21ClN2O2.C14H19ClN2O2.2C13H17ClN2O2.2C8H9ClN2.C7H12O2.C6H10O2.C2H5I.2CH4.CH3.2BH.3HI.2U.V/c1-15(2,3)20-14(19)5-7-18-6-4-11-8-13(16)17-9-12(11)10-18;1-3-19-14(18)10(2)8-17-7-6-12-11(9-17)4-5-13(15)16-12;1-13(2,3)18-12(17)16-5-4-9-6-11(14)15-7-10(9)8-16;1-13(2,3)18-12(17)16-7-6-10-9(8-16)4-5-11(14)15-10;9-8-3-6-1-2-10-4-7(6)5-11-8;9-8-2-1-6-5-10-4-3-7(6)11-8;1-5-6(8)9-7(2,3)4;1-4-8-6(7)5(2)3;1-2-3;;;;;;;;;;;/h8-9H,4-7,10H2,1-3H3;4-5,10H,3,6-9H2,1-2H3;6-7H,4-5,8H2,1-3H3;4-5H,6-8H2,1-3H3;3,5,10H,1-2,4H2;1-2,10H,3-5H2;5H,1H2,2-4H3;2,4H2,1,3H3;2H2,1H3;2*1H4;1H3;5*1H;;;/q;;;;;;;;;;;-1;;;;;;;;+3/p-3/i;;;;;;;;;;;;2*1D;;;;;;. The number of esters is 4. The van der Waals surface area contributed by atoms with E-state index in [1.165, 1.54) is 37.8 Å². The number of ether oxygens (including phenoxy) is 6. The van der Waals surface area contributed by atoms with Gasteiger partial charge in [0.2, 0.25) is 0 Å². The molecule has 4 radical (unpaired) electrons. The minimum Gasteiger partial charge on any atom is 0 e. The quantitative estimate of drug-likeness (QED) is 0.0188. The molecule has 0 saturated heterocycles. The number of carbonyl (C=O) groups excluding carboxylic acids is 6. The van der Waals surface area contributed by atoms with Gasteiger partial charge in [0.1, 0.15) is 53.3 Å². The molecule has 1 unspecified atom stereocenters. The van der Waals surface area contributed by atoms with Crippen LogP contribution in [0.4, 0.5) is 9.59 Å². The number of nitrogens with one attached hydrogen (secondary N) is 2. The molecule has 0 bridgehead atoms. The van der Waals surface area contributed by atoms with Gasteiger partial charge >= 0.3 is 101 Å². The molecule has 2 amide bonds. The largest absolute Gasteiger partial charge is 0 e. The molecule has 1 atom stereocenters. The molecule has 0 aromatic carbocycles. The summed E-state index contributed by atoms with van der Waals surface area (Å²) in [4.78, 5) is 101. The van der Waals surface area contributed by atoms with Crippen molar-refractivity contribution in [1.29, 1.82) is 2.67 Å². The van der Waals surface area contributed by atoms with E-state index in [4.69, 9.17) is 96.0 Å². The Morgan fingerprint density at radius 3 is 1.30 bits per heavy atom. The average Bonchev–Trinajstić information content (AvgIpc) is 0.817. The second kappa shape index (κ2) is 69.8. The normalized spacial score (nSPS) is 13.8. The smallest absolute Gasteiger partial charge is 0 e. The van der Waals surface area contributed by atoms with E-state index < -0.39 is 22.4 Å². The molecular formula is C89H132B2Cl6I4N12O12U2V-. The number of nitrogens with zero attached hydrogens (tertiary/aromatic N) is 10. The Morgan fingerprint density at radius 1 is 0.523 bits per heavy atom. The Morgan fingerprint density at radius 2 is 0.883 bits per heavy atom. The third kappa shape index (κ3) is 58.6. The maximum atomic E-state index is 11.9. The van der Waals surface area contributed by atoms with Crippen molar-refractivity contribution in [3.05, 3.63) is 203 Å². The third-order valence-corrected chi connectivity index (χ3v) is 18.2. The first kappa shape index (κ1) is 130. The summed E-state index contributed by atoms with van der Waals surface area (Å²) in [7, 11) is 7.50. The van der Waals surface area contributed by atoms with Gasteiger partial charge in [0, 0.05) is 218 Å². The first-order valence-electron chi connectivity index (χ1n) is 40.8. The third-order valence-electron chi connectivity index (χ3n) is 16.9. The number of fused-ring (bicyclic) bond motifs is 6. The van der Waals surface area contributed by atoms with Gasteiger partial charge in [-0.05, 0) is 223 Å². The molecular weight excluding hydrogens is 2700 g/mol. The van der Waals surface area contributed by atoms with Crippen LogP contribution in [0.15, 0.2) is 98.0 Å². The molecule has 0 saturated carbocycles. The van der Waals surface area contributed by atoms with E-state index >= 15 is 0 Å². The first-order chi connectivity index (χ1) is 58.6. The van der Waals surface area contributed by atoms with Crippen molar-refractivity contribution >= 4 is 205 Å². The second-order valence-corrected chi connectivity index (χ2v) is 71.1. The van der Waals surface area contributed by atoms with E-state index in [0.717, 1.165) is 144 Å². The summed E-state index contributed by atoms with van der Waals surface area (Å²) in [6.07, 6.45) is 11.8. The molecule has 2 N–H and O–H groups in total. The molecule has 6 aliphatic heterocycles. The first-order valence-corrected chi connectivity index (χ1v) is 57.0. The molecule has 6 aromatic rings. The van der Waals surface area contributed by atoms with Crippen molar-refractivity contribution in [3.8, 4) is 0 Å². The molecule has 39 heteroatoms. The van der Waals surface area contributed by atoms with Gasteiger partial charge in [0.15, 0.2) is 0 Å². The van der Waals surface area contributed by atoms with Crippen LogP contribution < -0.4 is 10.6 Å². The van der Waals surface area contributed by atoms with Gasteiger partial charge in [-0.25, -0.2) is 49.1 Å². The molecule has 12 heterocycles. The SMILES string of the molecule is C.C.C=C(C)C(=O)OCC.C=CC(=O)OC(C)(C)C.CC(C)(C)OC(=O)CCN1CCc2cc(Cl)ncc2C1.CC(C)(C)OC(=O)N1CCc2cc(Cl)ncc2C1.CC(C)(C)OC(=O)N1CCc2nc(Cl)ccc2C1.CCI.CCOC(=O)C(C)CN1CCc2nc(Cl)ccc2C1.Clc1cc2c(cn1)CNCC2.Clc1ccc2c(n1)CCNC2.[2H][B].[2H][B].[CH3-].[I][V]([I])[I].[U].[U]. The molecule has 6 aliphatic rings. The van der Waals surface area contributed by atoms with E-state index in [0.29, 0.717) is 82.3 Å². The van der Waals surface area contributed by atoms with Gasteiger partial charge in [0.05, 0.1) is 38.6 Å². The van der Waals surface area contributed by atoms with Gasteiger partial charge < -0.3 is 56.3 Å².